The van der Waals surface area contributed by atoms with Crippen LogP contribution in [-0.2, 0) is 28.4 Å². The van der Waals surface area contributed by atoms with E-state index >= 15 is 0 Å². The van der Waals surface area contributed by atoms with E-state index < -0.39 is 23.5 Å². The van der Waals surface area contributed by atoms with Gasteiger partial charge in [0.05, 0.1) is 11.1 Å². The van der Waals surface area contributed by atoms with Gasteiger partial charge in [0, 0.05) is 31.7 Å². The highest BCUT2D eigenvalue weighted by molar-refractivity contribution is 5.79. The molecule has 2 N–H and O–H groups in total. The smallest absolute Gasteiger partial charge is 0.381 e. The molecule has 2 atom stereocenters. The van der Waals surface area contributed by atoms with E-state index in [1.165, 1.54) is 0 Å². The summed E-state index contributed by atoms with van der Waals surface area (Å²) in [6.07, 6.45) is -5.77. The van der Waals surface area contributed by atoms with Crippen molar-refractivity contribution in [2.45, 2.75) is 57.0 Å². The third kappa shape index (κ3) is 6.83. The van der Waals surface area contributed by atoms with Gasteiger partial charge in [-0.3, -0.25) is 4.79 Å². The summed E-state index contributed by atoms with van der Waals surface area (Å²) in [7, 11) is 0. The molecule has 1 aromatic rings. The lowest BCUT2D eigenvalue weighted by Crippen LogP contribution is -2.35. The molecule has 1 saturated heterocycles. The van der Waals surface area contributed by atoms with Gasteiger partial charge in [0.2, 0.25) is 5.91 Å². The van der Waals surface area contributed by atoms with Gasteiger partial charge < -0.3 is 15.4 Å². The Bertz CT molecular complexity index is 727. The number of rotatable bonds is 6. The van der Waals surface area contributed by atoms with Gasteiger partial charge in [-0.1, -0.05) is 0 Å². The third-order valence-corrected chi connectivity index (χ3v) is 5.95. The van der Waals surface area contributed by atoms with Crippen molar-refractivity contribution in [1.82, 2.24) is 10.6 Å². The maximum absolute atomic E-state index is 13.0. The van der Waals surface area contributed by atoms with Crippen molar-refractivity contribution in [2.75, 3.05) is 19.8 Å². The fourth-order valence-electron chi connectivity index (χ4n) is 4.14. The predicted molar refractivity (Wildman–Crippen MR) is 101 cm³/mol. The molecule has 1 heterocycles. The minimum absolute atomic E-state index is 0.0804. The first-order valence-electron chi connectivity index (χ1n) is 10.4. The molecule has 0 aromatic heterocycles. The van der Waals surface area contributed by atoms with Gasteiger partial charge in [0.15, 0.2) is 0 Å². The van der Waals surface area contributed by atoms with Crippen LogP contribution in [0, 0.1) is 11.8 Å². The molecule has 0 unspecified atom stereocenters. The zero-order valence-electron chi connectivity index (χ0n) is 16.9. The van der Waals surface area contributed by atoms with Crippen LogP contribution >= 0.6 is 0 Å². The van der Waals surface area contributed by atoms with Crippen molar-refractivity contribution < 1.29 is 35.9 Å². The lowest BCUT2D eigenvalue weighted by molar-refractivity contribution is -0.143. The van der Waals surface area contributed by atoms with Gasteiger partial charge in [-0.2, -0.15) is 26.3 Å². The Labute approximate surface area is 176 Å². The maximum Gasteiger partial charge on any atom is 0.416 e. The summed E-state index contributed by atoms with van der Waals surface area (Å²) in [5.41, 5.74) is -3.00. The zero-order valence-corrected chi connectivity index (χ0v) is 16.9. The summed E-state index contributed by atoms with van der Waals surface area (Å²) >= 11 is 0. The fourth-order valence-corrected chi connectivity index (χ4v) is 4.14. The van der Waals surface area contributed by atoms with Crippen LogP contribution in [-0.4, -0.2) is 31.7 Å². The van der Waals surface area contributed by atoms with Crippen molar-refractivity contribution >= 4 is 5.91 Å². The number of halogens is 6. The first-order valence-corrected chi connectivity index (χ1v) is 10.4. The quantitative estimate of drug-likeness (QED) is 0.624. The van der Waals surface area contributed by atoms with Crippen LogP contribution in [0.1, 0.15) is 48.8 Å². The van der Waals surface area contributed by atoms with E-state index in [0.717, 1.165) is 39.0 Å². The second-order valence-corrected chi connectivity index (χ2v) is 8.30. The Hall–Kier alpha value is -1.81. The molecule has 0 radical (unpaired) electrons. The largest absolute Gasteiger partial charge is 0.416 e. The van der Waals surface area contributed by atoms with E-state index in [9.17, 15) is 31.1 Å². The van der Waals surface area contributed by atoms with Crippen LogP contribution in [0.5, 0.6) is 0 Å². The maximum atomic E-state index is 13.0. The number of alkyl halides is 6. The average molecular weight is 452 g/mol. The molecule has 31 heavy (non-hydrogen) atoms. The molecular weight excluding hydrogens is 426 g/mol. The number of amides is 1. The number of carbonyl (C=O) groups excluding carboxylic acids is 1. The Morgan fingerprint density at radius 1 is 0.935 bits per heavy atom. The molecule has 0 spiro atoms. The lowest BCUT2D eigenvalue weighted by Gasteiger charge is -2.24. The topological polar surface area (TPSA) is 50.4 Å². The van der Waals surface area contributed by atoms with Crippen LogP contribution in [0.15, 0.2) is 18.2 Å². The van der Waals surface area contributed by atoms with Crippen LogP contribution in [0.4, 0.5) is 26.3 Å². The highest BCUT2D eigenvalue weighted by Crippen LogP contribution is 2.36. The molecule has 4 nitrogen and oxygen atoms in total. The van der Waals surface area contributed by atoms with Gasteiger partial charge in [0.1, 0.15) is 0 Å². The predicted octanol–water partition coefficient (Wildman–Crippen LogP) is 4.53. The minimum atomic E-state index is -4.91. The second kappa shape index (κ2) is 9.77. The summed E-state index contributed by atoms with van der Waals surface area (Å²) in [6, 6.07) is 1.55. The van der Waals surface area contributed by atoms with E-state index in [0.29, 0.717) is 30.9 Å². The van der Waals surface area contributed by atoms with Gasteiger partial charge in [0.25, 0.3) is 0 Å². The van der Waals surface area contributed by atoms with Gasteiger partial charge in [-0.25, -0.2) is 0 Å². The van der Waals surface area contributed by atoms with E-state index in [1.807, 2.05) is 0 Å². The van der Waals surface area contributed by atoms with Crippen LogP contribution in [0.3, 0.4) is 0 Å². The van der Waals surface area contributed by atoms with E-state index in [-0.39, 0.29) is 36.0 Å². The van der Waals surface area contributed by atoms with E-state index in [4.69, 9.17) is 4.74 Å². The van der Waals surface area contributed by atoms with Gasteiger partial charge in [-0.15, -0.1) is 0 Å². The lowest BCUT2D eigenvalue weighted by atomic mass is 10.00. The molecule has 1 aliphatic carbocycles. The molecule has 1 amide bonds. The summed E-state index contributed by atoms with van der Waals surface area (Å²) in [6.45, 7) is 1.98. The summed E-state index contributed by atoms with van der Waals surface area (Å²) < 4.78 is 83.1. The summed E-state index contributed by atoms with van der Waals surface area (Å²) in [4.78, 5) is 12.4. The molecule has 1 saturated carbocycles. The SMILES string of the molecule is O=C(NCc1cc(C(F)(F)F)cc(C(F)(F)F)c1)[C@H]1CC[C@@H](NCC2CCOCC2)C1. The van der Waals surface area contributed by atoms with Crippen LogP contribution < -0.4 is 10.6 Å². The van der Waals surface area contributed by atoms with Crippen molar-refractivity contribution in [1.29, 1.82) is 0 Å². The highest BCUT2D eigenvalue weighted by atomic mass is 19.4. The van der Waals surface area contributed by atoms with Crippen molar-refractivity contribution in [2.24, 2.45) is 11.8 Å². The first-order chi connectivity index (χ1) is 14.5. The minimum Gasteiger partial charge on any atom is -0.381 e. The molecule has 3 rings (SSSR count). The molecule has 174 valence electrons. The van der Waals surface area contributed by atoms with Crippen molar-refractivity contribution in [3.05, 3.63) is 34.9 Å². The number of carbonyl (C=O) groups is 1. The third-order valence-electron chi connectivity index (χ3n) is 5.95. The van der Waals surface area contributed by atoms with Gasteiger partial charge in [-0.05, 0) is 68.3 Å². The van der Waals surface area contributed by atoms with E-state index in [2.05, 4.69) is 10.6 Å². The second-order valence-electron chi connectivity index (χ2n) is 8.30. The molecule has 2 fully saturated rings. The summed E-state index contributed by atoms with van der Waals surface area (Å²) in [5, 5.41) is 5.98. The fraction of sp³-hybridized carbons (Fsp3) is 0.667. The molecule has 0 bridgehead atoms. The summed E-state index contributed by atoms with van der Waals surface area (Å²) in [5.74, 6) is -0.105. The highest BCUT2D eigenvalue weighted by Gasteiger charge is 2.37. The Balaban J connectivity index is 1.53. The molecule has 1 aliphatic heterocycles. The molecular formula is C21H26F6N2O2. The number of benzene rings is 1. The van der Waals surface area contributed by atoms with Crippen molar-refractivity contribution in [3.63, 3.8) is 0 Å². The standard InChI is InChI=1S/C21H26F6N2O2/c22-20(23,24)16-7-14(8-17(10-16)21(25,26)27)12-29-19(30)15-1-2-18(9-15)28-11-13-3-5-31-6-4-13/h7-8,10,13,15,18,28H,1-6,9,11-12H2,(H,29,30)/t15-,18+/m0/s1. The Morgan fingerprint density at radius 3 is 2.13 bits per heavy atom. The monoisotopic (exact) mass is 452 g/mol. The van der Waals surface area contributed by atoms with E-state index in [1.54, 1.807) is 0 Å². The van der Waals surface area contributed by atoms with Gasteiger partial charge >= 0.3 is 12.4 Å². The van der Waals surface area contributed by atoms with Crippen LogP contribution in [0.2, 0.25) is 0 Å². The number of ether oxygens (including phenoxy) is 1. The average Bonchev–Trinajstić information content (AvgIpc) is 3.19. The molecule has 1 aromatic carbocycles. The van der Waals surface area contributed by atoms with Crippen LogP contribution in [0.25, 0.3) is 0 Å². The molecule has 2 aliphatic rings. The molecule has 10 heteroatoms. The number of hydrogen-bond donors (Lipinski definition) is 2. The van der Waals surface area contributed by atoms with Crippen molar-refractivity contribution in [3.8, 4) is 0 Å². The zero-order chi connectivity index (χ0) is 22.6. The normalized spacial score (nSPS) is 23.2. The first kappa shape index (κ1) is 23.8. The Kier molecular flexibility index (Phi) is 7.51. The number of nitrogens with one attached hydrogen (secondary N) is 2. The Morgan fingerprint density at radius 2 is 1.55 bits per heavy atom. The number of hydrogen-bond acceptors (Lipinski definition) is 3.